The Balaban J connectivity index is 1.73. The number of fused-ring (bicyclic) bond motifs is 1. The maximum absolute atomic E-state index is 12.2. The normalized spacial score (nSPS) is 12.2. The number of aryl methyl sites for hydroxylation is 1. The van der Waals surface area contributed by atoms with E-state index in [4.69, 9.17) is 5.11 Å². The maximum atomic E-state index is 12.2. The Morgan fingerprint density at radius 3 is 2.80 bits per heavy atom. The number of carboxylic acid groups (broad SMARTS) is 1. The van der Waals surface area contributed by atoms with E-state index >= 15 is 0 Å². The quantitative estimate of drug-likeness (QED) is 0.695. The Kier molecular flexibility index (Phi) is 4.36. The molecule has 0 fully saturated rings. The first kappa shape index (κ1) is 16.8. The Morgan fingerprint density at radius 1 is 1.40 bits per heavy atom. The van der Waals surface area contributed by atoms with Gasteiger partial charge in [0.2, 0.25) is 5.91 Å². The fourth-order valence-electron chi connectivity index (χ4n) is 2.36. The monoisotopic (exact) mass is 361 g/mol. The molecular formula is C15H15N5O4S. The molecule has 130 valence electrons. The number of pyridine rings is 1. The lowest BCUT2D eigenvalue weighted by Crippen LogP contribution is -2.34. The molecule has 1 unspecified atom stereocenters. The number of carboxylic acids is 1. The molecular weight excluding hydrogens is 346 g/mol. The van der Waals surface area contributed by atoms with E-state index in [1.54, 1.807) is 38.2 Å². The molecule has 3 aromatic heterocycles. The highest BCUT2D eigenvalue weighted by Crippen LogP contribution is 2.23. The van der Waals surface area contributed by atoms with E-state index in [-0.39, 0.29) is 11.4 Å². The van der Waals surface area contributed by atoms with Crippen LogP contribution in [0.15, 0.2) is 29.2 Å². The Labute approximate surface area is 145 Å². The van der Waals surface area contributed by atoms with Crippen LogP contribution in [0.4, 0.5) is 0 Å². The van der Waals surface area contributed by atoms with E-state index in [0.29, 0.717) is 16.3 Å². The van der Waals surface area contributed by atoms with Gasteiger partial charge in [0.25, 0.3) is 0 Å². The fourth-order valence-corrected chi connectivity index (χ4v) is 3.27. The minimum absolute atomic E-state index is 0.146. The number of aromatic carboxylic acids is 1. The lowest BCUT2D eigenvalue weighted by atomic mass is 10.3. The van der Waals surface area contributed by atoms with Crippen molar-refractivity contribution in [1.29, 1.82) is 0 Å². The van der Waals surface area contributed by atoms with E-state index in [0.717, 1.165) is 16.0 Å². The number of nitrogens with one attached hydrogen (secondary N) is 1. The van der Waals surface area contributed by atoms with Gasteiger partial charge in [-0.05, 0) is 26.0 Å². The molecule has 3 rings (SSSR count). The molecule has 0 bridgehead atoms. The molecule has 3 aromatic rings. The second-order valence-electron chi connectivity index (χ2n) is 5.43. The van der Waals surface area contributed by atoms with Crippen LogP contribution in [-0.2, 0) is 11.3 Å². The number of carbonyl (C=O) groups is 2. The van der Waals surface area contributed by atoms with Crippen molar-refractivity contribution in [3.05, 3.63) is 50.5 Å². The van der Waals surface area contributed by atoms with Crippen LogP contribution in [0.3, 0.4) is 0 Å². The molecule has 9 nitrogen and oxygen atoms in total. The van der Waals surface area contributed by atoms with Gasteiger partial charge in [-0.1, -0.05) is 6.07 Å². The van der Waals surface area contributed by atoms with Crippen LogP contribution in [0.1, 0.15) is 33.3 Å². The molecule has 3 heterocycles. The van der Waals surface area contributed by atoms with Crippen molar-refractivity contribution in [2.75, 3.05) is 0 Å². The number of aromatic nitrogens is 4. The van der Waals surface area contributed by atoms with Crippen LogP contribution in [0.25, 0.3) is 5.65 Å². The number of thiazole rings is 1. The minimum atomic E-state index is -1.05. The largest absolute Gasteiger partial charge is 0.477 e. The summed E-state index contributed by atoms with van der Waals surface area (Å²) in [6.45, 7) is 3.07. The van der Waals surface area contributed by atoms with Gasteiger partial charge < -0.3 is 10.4 Å². The Hall–Kier alpha value is -3.01. The predicted molar refractivity (Wildman–Crippen MR) is 89.8 cm³/mol. The molecule has 1 atom stereocenters. The molecule has 10 heteroatoms. The standard InChI is InChI=1S/C15H15N5O4S/c1-8-12(14(22)23)25-13(17-8)9(2)16-11(21)7-20-15(24)19-6-4-3-5-10(19)18-20/h3-6,9H,7H2,1-2H3,(H,16,21)(H,22,23). The van der Waals surface area contributed by atoms with Gasteiger partial charge in [-0.3, -0.25) is 9.20 Å². The lowest BCUT2D eigenvalue weighted by molar-refractivity contribution is -0.122. The average molecular weight is 361 g/mol. The Morgan fingerprint density at radius 2 is 2.16 bits per heavy atom. The highest BCUT2D eigenvalue weighted by atomic mass is 32.1. The third-order valence-electron chi connectivity index (χ3n) is 3.54. The summed E-state index contributed by atoms with van der Waals surface area (Å²) < 4.78 is 2.42. The van der Waals surface area contributed by atoms with Crippen LogP contribution >= 0.6 is 11.3 Å². The van der Waals surface area contributed by atoms with Gasteiger partial charge in [0.15, 0.2) is 5.65 Å². The van der Waals surface area contributed by atoms with Crippen molar-refractivity contribution in [2.45, 2.75) is 26.4 Å². The smallest absolute Gasteiger partial charge is 0.350 e. The molecule has 0 aliphatic heterocycles. The van der Waals surface area contributed by atoms with Crippen molar-refractivity contribution in [3.63, 3.8) is 0 Å². The summed E-state index contributed by atoms with van der Waals surface area (Å²) >= 11 is 1.02. The third kappa shape index (κ3) is 3.29. The molecule has 25 heavy (non-hydrogen) atoms. The topological polar surface area (TPSA) is 119 Å². The highest BCUT2D eigenvalue weighted by Gasteiger charge is 2.20. The number of hydrogen-bond donors (Lipinski definition) is 2. The zero-order chi connectivity index (χ0) is 18.1. The van der Waals surface area contributed by atoms with Crippen LogP contribution < -0.4 is 11.0 Å². The van der Waals surface area contributed by atoms with E-state index < -0.39 is 23.6 Å². The van der Waals surface area contributed by atoms with Crippen molar-refractivity contribution >= 4 is 28.9 Å². The Bertz CT molecular complexity index is 1020. The van der Waals surface area contributed by atoms with Crippen molar-refractivity contribution in [3.8, 4) is 0 Å². The molecule has 0 radical (unpaired) electrons. The average Bonchev–Trinajstić information content (AvgIpc) is 3.09. The van der Waals surface area contributed by atoms with Crippen LogP contribution in [0.5, 0.6) is 0 Å². The van der Waals surface area contributed by atoms with Gasteiger partial charge in [0.1, 0.15) is 16.4 Å². The maximum Gasteiger partial charge on any atom is 0.350 e. The zero-order valence-electron chi connectivity index (χ0n) is 13.5. The molecule has 0 saturated heterocycles. The number of nitrogens with zero attached hydrogens (tertiary/aromatic N) is 4. The van der Waals surface area contributed by atoms with Crippen molar-refractivity contribution in [2.24, 2.45) is 0 Å². The second kappa shape index (κ2) is 6.48. The van der Waals surface area contributed by atoms with Gasteiger partial charge in [-0.15, -0.1) is 16.4 Å². The molecule has 0 aliphatic rings. The number of carbonyl (C=O) groups excluding carboxylic acids is 1. The first-order valence-electron chi connectivity index (χ1n) is 7.41. The first-order valence-corrected chi connectivity index (χ1v) is 8.22. The van der Waals surface area contributed by atoms with Crippen molar-refractivity contribution in [1.82, 2.24) is 24.5 Å². The summed E-state index contributed by atoms with van der Waals surface area (Å²) in [4.78, 5) is 39.7. The van der Waals surface area contributed by atoms with Crippen LogP contribution in [-0.4, -0.2) is 36.1 Å². The van der Waals surface area contributed by atoms with E-state index in [1.807, 2.05) is 0 Å². The lowest BCUT2D eigenvalue weighted by Gasteiger charge is -2.10. The van der Waals surface area contributed by atoms with Gasteiger partial charge in [0, 0.05) is 6.20 Å². The zero-order valence-corrected chi connectivity index (χ0v) is 14.3. The van der Waals surface area contributed by atoms with E-state index in [9.17, 15) is 14.4 Å². The summed E-state index contributed by atoms with van der Waals surface area (Å²) in [5.41, 5.74) is 0.455. The predicted octanol–water partition coefficient (Wildman–Crippen LogP) is 0.837. The van der Waals surface area contributed by atoms with Crippen LogP contribution in [0, 0.1) is 6.92 Å². The van der Waals surface area contributed by atoms with Crippen molar-refractivity contribution < 1.29 is 14.7 Å². The number of rotatable bonds is 5. The number of hydrogen-bond acceptors (Lipinski definition) is 6. The highest BCUT2D eigenvalue weighted by molar-refractivity contribution is 7.13. The van der Waals surface area contributed by atoms with Gasteiger partial charge >= 0.3 is 11.7 Å². The minimum Gasteiger partial charge on any atom is -0.477 e. The first-order chi connectivity index (χ1) is 11.9. The molecule has 0 aromatic carbocycles. The second-order valence-corrected chi connectivity index (χ2v) is 6.46. The summed E-state index contributed by atoms with van der Waals surface area (Å²) in [5, 5.41) is 16.4. The SMILES string of the molecule is Cc1nc(C(C)NC(=O)Cn2nc3ccccn3c2=O)sc1C(=O)O. The van der Waals surface area contributed by atoms with Gasteiger partial charge in [-0.25, -0.2) is 19.3 Å². The van der Waals surface area contributed by atoms with E-state index in [1.165, 1.54) is 4.40 Å². The fraction of sp³-hybridized carbons (Fsp3) is 0.267. The van der Waals surface area contributed by atoms with Gasteiger partial charge in [-0.2, -0.15) is 0 Å². The molecule has 0 aliphatic carbocycles. The third-order valence-corrected chi connectivity index (χ3v) is 4.87. The molecule has 0 spiro atoms. The molecule has 2 N–H and O–H groups in total. The summed E-state index contributed by atoms with van der Waals surface area (Å²) in [5.74, 6) is -1.46. The summed E-state index contributed by atoms with van der Waals surface area (Å²) in [6, 6.07) is 4.65. The molecule has 1 amide bonds. The summed E-state index contributed by atoms with van der Waals surface area (Å²) in [6.07, 6.45) is 1.58. The molecule has 0 saturated carbocycles. The van der Waals surface area contributed by atoms with E-state index in [2.05, 4.69) is 15.4 Å². The van der Waals surface area contributed by atoms with Gasteiger partial charge in [0.05, 0.1) is 11.7 Å². The number of amides is 1. The summed E-state index contributed by atoms with van der Waals surface area (Å²) in [7, 11) is 0. The van der Waals surface area contributed by atoms with Crippen LogP contribution in [0.2, 0.25) is 0 Å².